The summed E-state index contributed by atoms with van der Waals surface area (Å²) in [7, 11) is 0. The van der Waals surface area contributed by atoms with Crippen LogP contribution in [-0.2, 0) is 5.41 Å². The monoisotopic (exact) mass is 755 g/mol. The zero-order valence-corrected chi connectivity index (χ0v) is 32.5. The Labute approximate surface area is 345 Å². The van der Waals surface area contributed by atoms with Crippen molar-refractivity contribution < 1.29 is 0 Å². The molecule has 1 aliphatic carbocycles. The smallest absolute Gasteiger partial charge is 0.131 e. The molecular formula is C56H41N3. The van der Waals surface area contributed by atoms with Crippen LogP contribution in [0.4, 0.5) is 0 Å². The highest BCUT2D eigenvalue weighted by atomic mass is 15.3. The first kappa shape index (κ1) is 34.9. The summed E-state index contributed by atoms with van der Waals surface area (Å²) in [4.78, 5) is 5.38. The normalized spacial score (nSPS) is 16.4. The third-order valence-electron chi connectivity index (χ3n) is 12.3. The van der Waals surface area contributed by atoms with Gasteiger partial charge in [0.15, 0.2) is 0 Å². The molecule has 0 saturated heterocycles. The third kappa shape index (κ3) is 5.81. The maximum atomic E-state index is 5.38. The molecule has 2 N–H and O–H groups in total. The van der Waals surface area contributed by atoms with E-state index in [1.54, 1.807) is 0 Å². The van der Waals surface area contributed by atoms with Gasteiger partial charge in [-0.25, -0.2) is 4.99 Å². The first-order chi connectivity index (χ1) is 29.3. The summed E-state index contributed by atoms with van der Waals surface area (Å²) >= 11 is 0. The van der Waals surface area contributed by atoms with E-state index >= 15 is 0 Å². The van der Waals surface area contributed by atoms with E-state index in [1.807, 2.05) is 0 Å². The average Bonchev–Trinajstić information content (AvgIpc) is 3.63. The zero-order chi connectivity index (χ0) is 39.2. The molecule has 1 aliphatic heterocycles. The van der Waals surface area contributed by atoms with Gasteiger partial charge in [-0.2, -0.15) is 0 Å². The van der Waals surface area contributed by atoms with Crippen molar-refractivity contribution in [2.24, 2.45) is 4.99 Å². The third-order valence-corrected chi connectivity index (χ3v) is 12.3. The van der Waals surface area contributed by atoms with Crippen LogP contribution in [0.3, 0.4) is 0 Å². The van der Waals surface area contributed by atoms with Crippen LogP contribution in [0.15, 0.2) is 229 Å². The van der Waals surface area contributed by atoms with Crippen molar-refractivity contribution in [1.82, 2.24) is 10.6 Å². The summed E-state index contributed by atoms with van der Waals surface area (Å²) in [6.07, 6.45) is -0.564. The Balaban J connectivity index is 1.14. The molecule has 59 heavy (non-hydrogen) atoms. The summed E-state index contributed by atoms with van der Waals surface area (Å²) in [6.45, 7) is 0. The molecule has 0 saturated carbocycles. The molecular weight excluding hydrogens is 715 g/mol. The van der Waals surface area contributed by atoms with Gasteiger partial charge in [-0.05, 0) is 78.0 Å². The predicted octanol–water partition coefficient (Wildman–Crippen LogP) is 12.9. The van der Waals surface area contributed by atoms with Gasteiger partial charge in [0.2, 0.25) is 0 Å². The molecule has 2 unspecified atom stereocenters. The number of hydrogen-bond donors (Lipinski definition) is 2. The molecule has 11 rings (SSSR count). The van der Waals surface area contributed by atoms with E-state index in [2.05, 4.69) is 235 Å². The summed E-state index contributed by atoms with van der Waals surface area (Å²) in [6, 6.07) is 81.3. The van der Waals surface area contributed by atoms with E-state index in [9.17, 15) is 0 Å². The molecule has 1 heterocycles. The van der Waals surface area contributed by atoms with Crippen LogP contribution in [0.5, 0.6) is 0 Å². The van der Waals surface area contributed by atoms with Crippen LogP contribution < -0.4 is 10.6 Å². The van der Waals surface area contributed by atoms with E-state index in [-0.39, 0.29) is 12.3 Å². The van der Waals surface area contributed by atoms with Gasteiger partial charge in [0.1, 0.15) is 18.2 Å². The van der Waals surface area contributed by atoms with Gasteiger partial charge in [0.25, 0.3) is 0 Å². The Hall–Kier alpha value is -7.33. The van der Waals surface area contributed by atoms with Crippen LogP contribution in [0.1, 0.15) is 51.3 Å². The molecule has 3 nitrogen and oxygen atoms in total. The molecule has 9 aromatic carbocycles. The maximum Gasteiger partial charge on any atom is 0.131 e. The fourth-order valence-corrected chi connectivity index (χ4v) is 9.70. The van der Waals surface area contributed by atoms with Crippen LogP contribution in [0.25, 0.3) is 44.2 Å². The van der Waals surface area contributed by atoms with Crippen LogP contribution >= 0.6 is 0 Å². The highest BCUT2D eigenvalue weighted by molar-refractivity contribution is 6.03. The fraction of sp³-hybridized carbons (Fsp3) is 0.0536. The number of nitrogens with one attached hydrogen (secondary N) is 2. The van der Waals surface area contributed by atoms with Gasteiger partial charge < -0.3 is 5.32 Å². The fourth-order valence-electron chi connectivity index (χ4n) is 9.70. The van der Waals surface area contributed by atoms with Crippen molar-refractivity contribution in [2.45, 2.75) is 17.7 Å². The number of aliphatic imine (C=N–C) groups is 1. The van der Waals surface area contributed by atoms with E-state index in [0.717, 1.165) is 22.5 Å². The van der Waals surface area contributed by atoms with Crippen LogP contribution in [0, 0.1) is 0 Å². The molecule has 9 aromatic rings. The van der Waals surface area contributed by atoms with E-state index in [0.29, 0.717) is 0 Å². The van der Waals surface area contributed by atoms with Gasteiger partial charge in [-0.15, -0.1) is 0 Å². The lowest BCUT2D eigenvalue weighted by atomic mass is 9.67. The topological polar surface area (TPSA) is 36.4 Å². The van der Waals surface area contributed by atoms with E-state index < -0.39 is 5.41 Å². The molecule has 0 aromatic heterocycles. The highest BCUT2D eigenvalue weighted by Crippen LogP contribution is 2.58. The van der Waals surface area contributed by atoms with Crippen molar-refractivity contribution in [3.63, 3.8) is 0 Å². The lowest BCUT2D eigenvalue weighted by molar-refractivity contribution is 0.411. The lowest BCUT2D eigenvalue weighted by Crippen LogP contribution is -2.45. The first-order valence-electron chi connectivity index (χ1n) is 20.4. The zero-order valence-electron chi connectivity index (χ0n) is 32.5. The lowest BCUT2D eigenvalue weighted by Gasteiger charge is -2.35. The Morgan fingerprint density at radius 3 is 1.76 bits per heavy atom. The van der Waals surface area contributed by atoms with Gasteiger partial charge in [0, 0.05) is 11.1 Å². The molecule has 0 radical (unpaired) electrons. The molecule has 0 amide bonds. The van der Waals surface area contributed by atoms with Crippen molar-refractivity contribution in [3.8, 4) is 33.4 Å². The minimum absolute atomic E-state index is 0.282. The Bertz CT molecular complexity index is 2950. The number of nitrogens with zero attached hydrogens (tertiary/aromatic N) is 1. The van der Waals surface area contributed by atoms with Crippen molar-refractivity contribution in [3.05, 3.63) is 263 Å². The average molecular weight is 756 g/mol. The SMILES string of the molecule is c1ccc(-c2cccc(C3=NC(c4ccccc4)NC(c4c(-c5cccc6c5-c5ccccc5C6(c5ccccc5)c5ccccc5)ccc5ccccc45)N3)c2)cc1. The largest absolute Gasteiger partial charge is 0.350 e. The molecule has 0 fully saturated rings. The van der Waals surface area contributed by atoms with Gasteiger partial charge >= 0.3 is 0 Å². The number of rotatable bonds is 7. The molecule has 0 bridgehead atoms. The highest BCUT2D eigenvalue weighted by Gasteiger charge is 2.47. The van der Waals surface area contributed by atoms with Gasteiger partial charge in [-0.3, -0.25) is 5.32 Å². The summed E-state index contributed by atoms with van der Waals surface area (Å²) in [5.74, 6) is 0.857. The number of benzene rings is 9. The molecule has 3 heteroatoms. The minimum atomic E-state index is -0.495. The summed E-state index contributed by atoms with van der Waals surface area (Å²) in [5.41, 5.74) is 15.2. The van der Waals surface area contributed by atoms with Crippen molar-refractivity contribution >= 4 is 16.6 Å². The molecule has 2 aliphatic rings. The second kappa shape index (κ2) is 14.6. The quantitative estimate of drug-likeness (QED) is 0.170. The number of amidine groups is 1. The van der Waals surface area contributed by atoms with Crippen LogP contribution in [0.2, 0.25) is 0 Å². The summed E-state index contributed by atoms with van der Waals surface area (Å²) in [5, 5.41) is 10.3. The van der Waals surface area contributed by atoms with Gasteiger partial charge in [0.05, 0.1) is 5.41 Å². The number of fused-ring (bicyclic) bond motifs is 4. The van der Waals surface area contributed by atoms with Crippen molar-refractivity contribution in [2.75, 3.05) is 0 Å². The maximum absolute atomic E-state index is 5.38. The van der Waals surface area contributed by atoms with E-state index in [1.165, 1.54) is 66.4 Å². The second-order valence-corrected chi connectivity index (χ2v) is 15.5. The molecule has 280 valence electrons. The van der Waals surface area contributed by atoms with E-state index in [4.69, 9.17) is 4.99 Å². The molecule has 2 atom stereocenters. The Morgan fingerprint density at radius 1 is 0.424 bits per heavy atom. The van der Waals surface area contributed by atoms with Crippen molar-refractivity contribution in [1.29, 1.82) is 0 Å². The van der Waals surface area contributed by atoms with Gasteiger partial charge in [-0.1, -0.05) is 218 Å². The predicted molar refractivity (Wildman–Crippen MR) is 243 cm³/mol. The first-order valence-corrected chi connectivity index (χ1v) is 20.4. The Kier molecular flexibility index (Phi) is 8.61. The summed E-state index contributed by atoms with van der Waals surface area (Å²) < 4.78 is 0. The second-order valence-electron chi connectivity index (χ2n) is 15.5. The minimum Gasteiger partial charge on any atom is -0.350 e. The molecule has 0 spiro atoms. The number of hydrogen-bond acceptors (Lipinski definition) is 3. The van der Waals surface area contributed by atoms with Crippen LogP contribution in [-0.4, -0.2) is 5.84 Å². The standard InChI is InChI=1S/C56H41N3/c1-5-19-38(20-6-1)41-24-17-25-42(37-41)54-57-53(40-22-7-2-8-23-40)58-55(59-54)52-45-30-14-13-21-39(45)35-36-47(52)46-32-18-34-50-51(46)48-31-15-16-33-49(48)56(50,43-26-9-3-10-27-43)44-28-11-4-12-29-44/h1-37,53,55,58H,(H,57,59). The Morgan fingerprint density at radius 2 is 1.00 bits per heavy atom.